The molecule has 28 atom stereocenters. The monoisotopic (exact) mass is 990 g/mol. The van der Waals surface area contributed by atoms with E-state index < -0.39 is 224 Å². The average molecular weight is 991 g/mol. The Hall–Kier alpha value is -1.24. The molecule has 20 N–H and O–H groups in total. The highest BCUT2D eigenvalue weighted by Gasteiger charge is 2.53. The molecule has 0 unspecified atom stereocenters. The predicted molar refractivity (Wildman–Crippen MR) is 199 cm³/mol. The third-order valence-electron chi connectivity index (χ3n) is 12.3. The molecule has 0 aromatic heterocycles. The van der Waals surface area contributed by atoms with E-state index in [9.17, 15) is 102 Å². The molecule has 6 heterocycles. The van der Waals surface area contributed by atoms with Gasteiger partial charge < -0.3 is 154 Å². The maximum Gasteiger partial charge on any atom is 0.216 e. The summed E-state index contributed by atoms with van der Waals surface area (Å²) in [4.78, 5) is 0. The number of aliphatic hydroxyl groups excluding tert-OH is 18. The van der Waals surface area contributed by atoms with Crippen LogP contribution in [0.1, 0.15) is 0 Å². The lowest BCUT2D eigenvalue weighted by atomic mass is 9.97. The topological polar surface area (TPSA) is 506 Å². The fraction of sp³-hybridized carbons (Fsp3) is 1.00. The third-order valence-corrected chi connectivity index (χ3v) is 12.3. The maximum absolute atomic E-state index is 10.7. The van der Waals surface area contributed by atoms with Crippen LogP contribution in [0.15, 0.2) is 0 Å². The normalized spacial score (nSPS) is 51.9. The average Bonchev–Trinajstić information content (AvgIpc) is 3.30. The minimum atomic E-state index is -2.77. The quantitative estimate of drug-likeness (QED) is 0.0639. The van der Waals surface area contributed by atoms with Crippen LogP contribution in [0.5, 0.6) is 0 Å². The standard InChI is InChI=1S/C36H62O31/c37-1-8-14(38)20(44)25(49)31(63-8)58-3-10-15(39)22(46)27(51)33(65-10)60-5-12-17(41)24(48)29(53)35(67-12)61-6-13-18(42)23(47)28(52)34(66-13)59-4-11-16(40)21(45)26(50)32(64-11)57-2-9-19(43)30(54)36(55,56)7-62-9/h8-35,37-56H,1-7H2/t8-,9-,10-,11-,12-,13-,14-,15-,16-,17-,18-,19-,20+,21+,22+,23+,24+,25-,26-,27-,28-,29-,30+,31+,32+,33+,34+,35+/m1/s1. The van der Waals surface area contributed by atoms with Gasteiger partial charge in [0.05, 0.1) is 39.6 Å². The van der Waals surface area contributed by atoms with Gasteiger partial charge in [-0.15, -0.1) is 0 Å². The van der Waals surface area contributed by atoms with Crippen molar-refractivity contribution in [3.8, 4) is 0 Å². The third kappa shape index (κ3) is 12.0. The highest BCUT2D eigenvalue weighted by molar-refractivity contribution is 4.96. The van der Waals surface area contributed by atoms with Gasteiger partial charge in [-0.3, -0.25) is 0 Å². The zero-order valence-corrected chi connectivity index (χ0v) is 35.1. The zero-order valence-electron chi connectivity index (χ0n) is 35.1. The largest absolute Gasteiger partial charge is 0.394 e. The van der Waals surface area contributed by atoms with E-state index in [1.54, 1.807) is 0 Å². The smallest absolute Gasteiger partial charge is 0.216 e. The van der Waals surface area contributed by atoms with Crippen molar-refractivity contribution >= 4 is 0 Å². The van der Waals surface area contributed by atoms with Gasteiger partial charge in [-0.1, -0.05) is 0 Å². The van der Waals surface area contributed by atoms with Crippen LogP contribution >= 0.6 is 0 Å². The molecule has 31 nitrogen and oxygen atoms in total. The van der Waals surface area contributed by atoms with Crippen LogP contribution in [0.2, 0.25) is 0 Å². The molecule has 0 aliphatic carbocycles. The van der Waals surface area contributed by atoms with Crippen molar-refractivity contribution in [2.75, 3.05) is 46.2 Å². The summed E-state index contributed by atoms with van der Waals surface area (Å²) in [6.07, 6.45) is -50.6. The Labute approximate surface area is 378 Å². The van der Waals surface area contributed by atoms with Crippen LogP contribution in [0.4, 0.5) is 0 Å². The number of hydrogen-bond acceptors (Lipinski definition) is 31. The van der Waals surface area contributed by atoms with Crippen molar-refractivity contribution in [1.29, 1.82) is 0 Å². The molecule has 31 heteroatoms. The summed E-state index contributed by atoms with van der Waals surface area (Å²) in [5.74, 6) is -2.77. The van der Waals surface area contributed by atoms with E-state index in [2.05, 4.69) is 0 Å². The first kappa shape index (κ1) is 55.1. The van der Waals surface area contributed by atoms with Crippen LogP contribution in [-0.2, 0) is 52.1 Å². The minimum Gasteiger partial charge on any atom is -0.394 e. The number of ether oxygens (including phenoxy) is 11. The van der Waals surface area contributed by atoms with Crippen LogP contribution in [0, 0.1) is 0 Å². The summed E-state index contributed by atoms with van der Waals surface area (Å²) in [5.41, 5.74) is 0. The van der Waals surface area contributed by atoms with Crippen LogP contribution in [0.3, 0.4) is 0 Å². The van der Waals surface area contributed by atoms with Crippen molar-refractivity contribution in [1.82, 2.24) is 0 Å². The molecule has 0 spiro atoms. The highest BCUT2D eigenvalue weighted by Crippen LogP contribution is 2.31. The van der Waals surface area contributed by atoms with E-state index in [-0.39, 0.29) is 0 Å². The lowest BCUT2D eigenvalue weighted by Gasteiger charge is -2.44. The van der Waals surface area contributed by atoms with Crippen molar-refractivity contribution < 1.29 is 154 Å². The fourth-order valence-corrected chi connectivity index (χ4v) is 7.96. The van der Waals surface area contributed by atoms with Crippen molar-refractivity contribution in [3.63, 3.8) is 0 Å². The molecule has 0 amide bonds. The minimum absolute atomic E-state index is 0.644. The molecular weight excluding hydrogens is 928 g/mol. The summed E-state index contributed by atoms with van der Waals surface area (Å²) in [6, 6.07) is 0. The molecule has 6 saturated heterocycles. The van der Waals surface area contributed by atoms with Gasteiger partial charge in [0.25, 0.3) is 0 Å². The highest BCUT2D eigenvalue weighted by atomic mass is 16.8. The second kappa shape index (κ2) is 23.1. The Balaban J connectivity index is 1.01. The van der Waals surface area contributed by atoms with Crippen molar-refractivity contribution in [2.45, 2.75) is 178 Å². The van der Waals surface area contributed by atoms with E-state index in [4.69, 9.17) is 52.1 Å². The number of aliphatic hydroxyl groups is 20. The lowest BCUT2D eigenvalue weighted by Crippen LogP contribution is -2.64. The Morgan fingerprint density at radius 1 is 0.313 bits per heavy atom. The maximum atomic E-state index is 10.7. The van der Waals surface area contributed by atoms with E-state index in [0.717, 1.165) is 0 Å². The molecule has 67 heavy (non-hydrogen) atoms. The molecular formula is C36H62O31. The predicted octanol–water partition coefficient (Wildman–Crippen LogP) is -14.1. The molecule has 0 radical (unpaired) electrons. The molecule has 0 aromatic carbocycles. The van der Waals surface area contributed by atoms with Crippen molar-refractivity contribution in [2.24, 2.45) is 0 Å². The van der Waals surface area contributed by atoms with Gasteiger partial charge in [0.15, 0.2) is 31.5 Å². The molecule has 0 saturated carbocycles. The Kier molecular flexibility index (Phi) is 19.0. The summed E-state index contributed by atoms with van der Waals surface area (Å²) in [6.45, 7) is -5.28. The van der Waals surface area contributed by atoms with Gasteiger partial charge in [-0.25, -0.2) is 0 Å². The van der Waals surface area contributed by atoms with Gasteiger partial charge >= 0.3 is 0 Å². The van der Waals surface area contributed by atoms with E-state index >= 15 is 0 Å². The Morgan fingerprint density at radius 2 is 0.552 bits per heavy atom. The summed E-state index contributed by atoms with van der Waals surface area (Å²) in [7, 11) is 0. The SMILES string of the molecule is OC[C@H]1O[C@H](OC[C@H]2O[C@H](OC[C@H]3O[C@H](OC[C@H]4O[C@H](OC[C@H]5O[C@H](OC[C@H]6OCC(O)(O)[C@@H](O)[C@@H]6O)[C@H](O)[C@@H](O)[C@@H]5O)[C@H](O)[C@@H](O)[C@@H]4O)[C@H](O)[C@@H](O)[C@@H]3O)[C@H](O)[C@@H](O)[C@@H]2O)[C@H](O)[C@@H](O)[C@@H]1O. The van der Waals surface area contributed by atoms with E-state index in [1.807, 2.05) is 0 Å². The first-order valence-corrected chi connectivity index (χ1v) is 21.1. The molecule has 6 aliphatic heterocycles. The molecule has 0 aromatic rings. The van der Waals surface area contributed by atoms with E-state index in [0.29, 0.717) is 0 Å². The van der Waals surface area contributed by atoms with Gasteiger partial charge in [-0.2, -0.15) is 0 Å². The van der Waals surface area contributed by atoms with E-state index in [1.165, 1.54) is 0 Å². The number of hydrogen-bond donors (Lipinski definition) is 20. The first-order chi connectivity index (χ1) is 31.5. The molecule has 6 rings (SSSR count). The van der Waals surface area contributed by atoms with Crippen LogP contribution < -0.4 is 0 Å². The van der Waals surface area contributed by atoms with Crippen molar-refractivity contribution in [3.05, 3.63) is 0 Å². The zero-order chi connectivity index (χ0) is 49.4. The number of rotatable bonds is 16. The Bertz CT molecular complexity index is 1520. The van der Waals surface area contributed by atoms with Gasteiger partial charge in [0.1, 0.15) is 147 Å². The molecule has 6 aliphatic rings. The Morgan fingerprint density at radius 3 is 0.821 bits per heavy atom. The van der Waals surface area contributed by atoms with Gasteiger partial charge in [0, 0.05) is 0 Å². The summed E-state index contributed by atoms with van der Waals surface area (Å²) in [5, 5.41) is 206. The fourth-order valence-electron chi connectivity index (χ4n) is 7.96. The molecule has 0 bridgehead atoms. The lowest BCUT2D eigenvalue weighted by molar-refractivity contribution is -0.352. The second-order valence-corrected chi connectivity index (χ2v) is 17.1. The van der Waals surface area contributed by atoms with Gasteiger partial charge in [-0.05, 0) is 0 Å². The molecule has 392 valence electrons. The molecule has 6 fully saturated rings. The summed E-state index contributed by atoms with van der Waals surface area (Å²) >= 11 is 0. The van der Waals surface area contributed by atoms with Gasteiger partial charge in [0.2, 0.25) is 5.79 Å². The van der Waals surface area contributed by atoms with Crippen LogP contribution in [-0.4, -0.2) is 326 Å². The summed E-state index contributed by atoms with van der Waals surface area (Å²) < 4.78 is 59.8. The first-order valence-electron chi connectivity index (χ1n) is 21.1. The second-order valence-electron chi connectivity index (χ2n) is 17.1. The van der Waals surface area contributed by atoms with Crippen LogP contribution in [0.25, 0.3) is 0 Å².